The van der Waals surface area contributed by atoms with E-state index in [1.54, 1.807) is 19.2 Å². The molecule has 3 nitrogen and oxygen atoms in total. The second-order valence-corrected chi connectivity index (χ2v) is 4.51. The molecule has 0 spiro atoms. The van der Waals surface area contributed by atoms with Crippen molar-refractivity contribution in [3.05, 3.63) is 35.6 Å². The van der Waals surface area contributed by atoms with E-state index in [0.29, 0.717) is 0 Å². The number of guanidine groups is 1. The van der Waals surface area contributed by atoms with Crippen LogP contribution in [0, 0.1) is 5.82 Å². The zero-order valence-corrected chi connectivity index (χ0v) is 11.9. The monoisotopic (exact) mass is 265 g/mol. The number of unbranched alkanes of at least 4 members (excludes halogenated alkanes) is 2. The second kappa shape index (κ2) is 9.36. The van der Waals surface area contributed by atoms with Gasteiger partial charge < -0.3 is 10.6 Å². The maximum Gasteiger partial charge on any atom is 0.190 e. The van der Waals surface area contributed by atoms with Gasteiger partial charge in [-0.25, -0.2) is 4.39 Å². The van der Waals surface area contributed by atoms with Gasteiger partial charge in [0.2, 0.25) is 0 Å². The van der Waals surface area contributed by atoms with Gasteiger partial charge in [-0.15, -0.1) is 0 Å². The fourth-order valence-corrected chi connectivity index (χ4v) is 1.82. The Balaban J connectivity index is 2.22. The van der Waals surface area contributed by atoms with Gasteiger partial charge in [-0.3, -0.25) is 4.99 Å². The van der Waals surface area contributed by atoms with E-state index in [2.05, 4.69) is 22.5 Å². The molecule has 4 heteroatoms. The number of nitrogens with one attached hydrogen (secondary N) is 2. The summed E-state index contributed by atoms with van der Waals surface area (Å²) in [6.07, 6.45) is 4.38. The van der Waals surface area contributed by atoms with Crippen LogP contribution in [0.1, 0.15) is 31.7 Å². The minimum Gasteiger partial charge on any atom is -0.356 e. The van der Waals surface area contributed by atoms with E-state index in [1.807, 2.05) is 6.07 Å². The molecule has 1 aromatic carbocycles. The molecule has 106 valence electrons. The summed E-state index contributed by atoms with van der Waals surface area (Å²) in [4.78, 5) is 4.15. The predicted molar refractivity (Wildman–Crippen MR) is 79.0 cm³/mol. The van der Waals surface area contributed by atoms with Gasteiger partial charge in [0.15, 0.2) is 5.96 Å². The fraction of sp³-hybridized carbons (Fsp3) is 0.533. The van der Waals surface area contributed by atoms with Crippen LogP contribution in [-0.2, 0) is 6.42 Å². The Bertz CT molecular complexity index is 391. The van der Waals surface area contributed by atoms with E-state index in [4.69, 9.17) is 0 Å². The highest BCUT2D eigenvalue weighted by atomic mass is 19.1. The molecule has 0 saturated heterocycles. The molecule has 0 amide bonds. The molecular weight excluding hydrogens is 241 g/mol. The Morgan fingerprint density at radius 1 is 1.21 bits per heavy atom. The van der Waals surface area contributed by atoms with Gasteiger partial charge in [0.1, 0.15) is 5.82 Å². The van der Waals surface area contributed by atoms with Crippen LogP contribution in [0.3, 0.4) is 0 Å². The molecule has 0 unspecified atom stereocenters. The van der Waals surface area contributed by atoms with Crippen LogP contribution >= 0.6 is 0 Å². The van der Waals surface area contributed by atoms with Crippen LogP contribution in [0.15, 0.2) is 29.3 Å². The third-order valence-corrected chi connectivity index (χ3v) is 2.89. The van der Waals surface area contributed by atoms with E-state index in [1.165, 1.54) is 18.9 Å². The first kappa shape index (κ1) is 15.5. The van der Waals surface area contributed by atoms with Crippen LogP contribution in [0.5, 0.6) is 0 Å². The van der Waals surface area contributed by atoms with E-state index >= 15 is 0 Å². The van der Waals surface area contributed by atoms with Gasteiger partial charge in [0.05, 0.1) is 0 Å². The molecule has 0 heterocycles. The summed E-state index contributed by atoms with van der Waals surface area (Å²) in [6.45, 7) is 3.87. The molecule has 1 rings (SSSR count). The van der Waals surface area contributed by atoms with Crippen molar-refractivity contribution in [2.75, 3.05) is 20.1 Å². The van der Waals surface area contributed by atoms with E-state index < -0.39 is 0 Å². The first-order valence-corrected chi connectivity index (χ1v) is 6.95. The maximum absolute atomic E-state index is 13.0. The lowest BCUT2D eigenvalue weighted by Gasteiger charge is -2.11. The number of benzene rings is 1. The summed E-state index contributed by atoms with van der Waals surface area (Å²) >= 11 is 0. The summed E-state index contributed by atoms with van der Waals surface area (Å²) in [5.74, 6) is 0.632. The van der Waals surface area contributed by atoms with Crippen molar-refractivity contribution in [3.63, 3.8) is 0 Å². The second-order valence-electron chi connectivity index (χ2n) is 4.51. The van der Waals surface area contributed by atoms with Crippen molar-refractivity contribution in [1.29, 1.82) is 0 Å². The number of halogens is 1. The molecule has 0 aliphatic carbocycles. The molecule has 1 aromatic rings. The number of rotatable bonds is 7. The summed E-state index contributed by atoms with van der Waals surface area (Å²) in [6, 6.07) is 6.70. The van der Waals surface area contributed by atoms with Gasteiger partial charge in [-0.05, 0) is 30.5 Å². The van der Waals surface area contributed by atoms with Crippen molar-refractivity contribution < 1.29 is 4.39 Å². The van der Waals surface area contributed by atoms with Gasteiger partial charge in [-0.2, -0.15) is 0 Å². The smallest absolute Gasteiger partial charge is 0.190 e. The lowest BCUT2D eigenvalue weighted by molar-refractivity contribution is 0.625. The summed E-state index contributed by atoms with van der Waals surface area (Å²) in [5, 5.41) is 6.50. The molecule has 0 atom stereocenters. The highest BCUT2D eigenvalue weighted by Gasteiger charge is 1.98. The number of hydrogen-bond acceptors (Lipinski definition) is 1. The van der Waals surface area contributed by atoms with Crippen LogP contribution in [-0.4, -0.2) is 26.1 Å². The average molecular weight is 265 g/mol. The molecular formula is C15H24FN3. The van der Waals surface area contributed by atoms with Crippen molar-refractivity contribution in [2.24, 2.45) is 4.99 Å². The number of nitrogens with zero attached hydrogens (tertiary/aromatic N) is 1. The standard InChI is InChI=1S/C15H24FN3/c1-3-4-5-10-18-15(17-2)19-11-9-13-7-6-8-14(16)12-13/h6-8,12H,3-5,9-11H2,1-2H3,(H2,17,18,19). The van der Waals surface area contributed by atoms with Gasteiger partial charge in [0.25, 0.3) is 0 Å². The number of aliphatic imine (C=N–C) groups is 1. The molecule has 19 heavy (non-hydrogen) atoms. The lowest BCUT2D eigenvalue weighted by atomic mass is 10.1. The van der Waals surface area contributed by atoms with Gasteiger partial charge >= 0.3 is 0 Å². The average Bonchev–Trinajstić information content (AvgIpc) is 2.41. The van der Waals surface area contributed by atoms with E-state index in [9.17, 15) is 4.39 Å². The Hall–Kier alpha value is -1.58. The maximum atomic E-state index is 13.0. The van der Waals surface area contributed by atoms with Crippen molar-refractivity contribution in [3.8, 4) is 0 Å². The molecule has 0 radical (unpaired) electrons. The zero-order chi connectivity index (χ0) is 13.9. The van der Waals surface area contributed by atoms with Crippen LogP contribution in [0.25, 0.3) is 0 Å². The zero-order valence-electron chi connectivity index (χ0n) is 11.9. The fourth-order valence-electron chi connectivity index (χ4n) is 1.82. The Morgan fingerprint density at radius 2 is 2.00 bits per heavy atom. The molecule has 0 bridgehead atoms. The Morgan fingerprint density at radius 3 is 2.68 bits per heavy atom. The third-order valence-electron chi connectivity index (χ3n) is 2.89. The lowest BCUT2D eigenvalue weighted by Crippen LogP contribution is -2.38. The quantitative estimate of drug-likeness (QED) is 0.452. The first-order valence-electron chi connectivity index (χ1n) is 6.95. The summed E-state index contributed by atoms with van der Waals surface area (Å²) < 4.78 is 13.0. The SMILES string of the molecule is CCCCCNC(=NC)NCCc1cccc(F)c1. The van der Waals surface area contributed by atoms with Crippen molar-refractivity contribution in [1.82, 2.24) is 10.6 Å². The summed E-state index contributed by atoms with van der Waals surface area (Å²) in [5.41, 5.74) is 0.994. The van der Waals surface area contributed by atoms with E-state index in [-0.39, 0.29) is 5.82 Å². The highest BCUT2D eigenvalue weighted by molar-refractivity contribution is 5.79. The molecule has 0 aromatic heterocycles. The predicted octanol–water partition coefficient (Wildman–Crippen LogP) is 2.72. The summed E-state index contributed by atoms with van der Waals surface area (Å²) in [7, 11) is 1.76. The topological polar surface area (TPSA) is 36.4 Å². The van der Waals surface area contributed by atoms with E-state index in [0.717, 1.165) is 37.5 Å². The highest BCUT2D eigenvalue weighted by Crippen LogP contribution is 2.03. The number of hydrogen-bond donors (Lipinski definition) is 2. The molecule has 2 N–H and O–H groups in total. The third kappa shape index (κ3) is 6.79. The van der Waals surface area contributed by atoms with Crippen LogP contribution in [0.4, 0.5) is 4.39 Å². The molecule has 0 aliphatic rings. The molecule has 0 saturated carbocycles. The largest absolute Gasteiger partial charge is 0.356 e. The Kier molecular flexibility index (Phi) is 7.63. The van der Waals surface area contributed by atoms with Gasteiger partial charge in [-0.1, -0.05) is 31.9 Å². The van der Waals surface area contributed by atoms with Crippen LogP contribution < -0.4 is 10.6 Å². The molecule has 0 aliphatic heterocycles. The Labute approximate surface area is 115 Å². The van der Waals surface area contributed by atoms with Crippen molar-refractivity contribution >= 4 is 5.96 Å². The minimum atomic E-state index is -0.181. The van der Waals surface area contributed by atoms with Crippen molar-refractivity contribution in [2.45, 2.75) is 32.6 Å². The normalized spacial score (nSPS) is 11.4. The first-order chi connectivity index (χ1) is 9.26. The van der Waals surface area contributed by atoms with Gasteiger partial charge in [0, 0.05) is 20.1 Å². The van der Waals surface area contributed by atoms with Crippen LogP contribution in [0.2, 0.25) is 0 Å². The molecule has 0 fully saturated rings. The minimum absolute atomic E-state index is 0.181.